The molecule has 6 atom stereocenters. The average molecular weight is 741 g/mol. The smallest absolute Gasteiger partial charge is 0.326 e. The number of hydrogen-bond donors (Lipinski definition) is 8. The van der Waals surface area contributed by atoms with Gasteiger partial charge in [-0.3, -0.25) is 38.5 Å². The Hall–Kier alpha value is -5.62. The van der Waals surface area contributed by atoms with Crippen molar-refractivity contribution >= 4 is 63.8 Å². The number of carboxylic acid groups (broad SMARTS) is 1. The van der Waals surface area contributed by atoms with Crippen LogP contribution in [0.1, 0.15) is 52.9 Å². The zero-order chi connectivity index (χ0) is 39.6. The molecular weight excluding hydrogens is 692 g/mol. The molecule has 1 heterocycles. The monoisotopic (exact) mass is 740 g/mol. The van der Waals surface area contributed by atoms with Gasteiger partial charge in [0.15, 0.2) is 0 Å². The Morgan fingerprint density at radius 1 is 0.849 bits per heavy atom. The minimum Gasteiger partial charge on any atom is -0.480 e. The number of nitrogens with two attached hydrogens (primary N) is 3. The largest absolute Gasteiger partial charge is 0.480 e. The van der Waals surface area contributed by atoms with Gasteiger partial charge in [0.2, 0.25) is 35.4 Å². The van der Waals surface area contributed by atoms with Crippen molar-refractivity contribution in [2.24, 2.45) is 23.1 Å². The highest BCUT2D eigenvalue weighted by atomic mass is 16.4. The fraction of sp³-hybridized carbons (Fsp3) is 0.486. The lowest BCUT2D eigenvalue weighted by molar-refractivity contribution is -0.148. The summed E-state index contributed by atoms with van der Waals surface area (Å²) in [5, 5.41) is 28.1. The van der Waals surface area contributed by atoms with E-state index in [0.29, 0.717) is 11.8 Å². The van der Waals surface area contributed by atoms with Crippen LogP contribution in [0.15, 0.2) is 42.5 Å². The molecule has 0 unspecified atom stereocenters. The van der Waals surface area contributed by atoms with Crippen LogP contribution < -0.4 is 38.1 Å². The fourth-order valence-electron chi connectivity index (χ4n) is 5.94. The van der Waals surface area contributed by atoms with Crippen LogP contribution in [-0.4, -0.2) is 112 Å². The second kappa shape index (κ2) is 18.7. The Balaban J connectivity index is 1.99. The molecule has 2 aromatic rings. The molecule has 11 N–H and O–H groups in total. The maximum Gasteiger partial charge on any atom is 0.326 e. The molecule has 3 rings (SSSR count). The van der Waals surface area contributed by atoms with Gasteiger partial charge in [0, 0.05) is 18.7 Å². The number of nitrogens with zero attached hydrogens (tertiary/aromatic N) is 2. The van der Waals surface area contributed by atoms with Crippen LogP contribution in [0.3, 0.4) is 0 Å². The second-order valence-electron chi connectivity index (χ2n) is 13.3. The molecule has 1 aliphatic rings. The number of nitrogens with one attached hydrogen (secondary N) is 3. The first-order valence-electron chi connectivity index (χ1n) is 17.2. The number of likely N-dealkylation sites (tertiary alicyclic amines) is 1. The second-order valence-corrected chi connectivity index (χ2v) is 13.3. The standard InChI is InChI=1S/C35H48N8O10/c1-18(2)29(38)32(49)41-25(17-44)31(48)39-23(12-13-27(36)45)30(47)40-24(16-28(37)46)34(51)43(22-11-10-20-7-4-5-8-21(20)15-22)19(3)33(50)42-14-6-9-26(42)35(52)53/h4-5,7-8,10-11,15,18-19,23-26,29,44H,6,9,12-14,16-17,38H2,1-3H3,(H2,36,45)(H2,37,46)(H,39,48)(H,40,47)(H,41,49)(H,52,53)/t19-,23-,24-,25-,26-,29-/m0/s1. The molecule has 53 heavy (non-hydrogen) atoms. The number of rotatable bonds is 18. The number of aliphatic carboxylic acids is 1. The maximum atomic E-state index is 14.5. The van der Waals surface area contributed by atoms with Crippen LogP contribution >= 0.6 is 0 Å². The lowest BCUT2D eigenvalue weighted by Gasteiger charge is -2.35. The molecule has 2 aromatic carbocycles. The van der Waals surface area contributed by atoms with Crippen molar-refractivity contribution in [3.8, 4) is 0 Å². The highest BCUT2D eigenvalue weighted by molar-refractivity contribution is 6.07. The summed E-state index contributed by atoms with van der Waals surface area (Å²) in [6.45, 7) is 3.97. The van der Waals surface area contributed by atoms with Gasteiger partial charge in [-0.1, -0.05) is 44.2 Å². The number of fused-ring (bicyclic) bond motifs is 1. The van der Waals surface area contributed by atoms with Crippen LogP contribution in [0.4, 0.5) is 5.69 Å². The Morgan fingerprint density at radius 3 is 2.04 bits per heavy atom. The van der Waals surface area contributed by atoms with E-state index in [1.807, 2.05) is 6.07 Å². The molecule has 7 amide bonds. The number of aliphatic hydroxyl groups excluding tert-OH is 1. The molecule has 0 aliphatic carbocycles. The molecule has 0 spiro atoms. The van der Waals surface area contributed by atoms with E-state index in [2.05, 4.69) is 16.0 Å². The molecule has 1 fully saturated rings. The van der Waals surface area contributed by atoms with E-state index in [-0.39, 0.29) is 24.6 Å². The van der Waals surface area contributed by atoms with Crippen LogP contribution in [0.25, 0.3) is 10.8 Å². The average Bonchev–Trinajstić information content (AvgIpc) is 3.61. The van der Waals surface area contributed by atoms with Crippen molar-refractivity contribution in [1.82, 2.24) is 20.9 Å². The lowest BCUT2D eigenvalue weighted by atomic mass is 10.0. The normalized spacial score (nSPS) is 16.9. The van der Waals surface area contributed by atoms with E-state index >= 15 is 0 Å². The number of hydrogen-bond acceptors (Lipinski definition) is 10. The number of carbonyl (C=O) groups excluding carboxylic acids is 7. The third-order valence-electron chi connectivity index (χ3n) is 8.98. The quantitative estimate of drug-likeness (QED) is 0.0844. The van der Waals surface area contributed by atoms with E-state index in [0.717, 1.165) is 15.2 Å². The molecular formula is C35H48N8O10. The summed E-state index contributed by atoms with van der Waals surface area (Å²) in [5.74, 6) is -7.89. The first-order chi connectivity index (χ1) is 25.0. The number of carboxylic acids is 1. The van der Waals surface area contributed by atoms with Gasteiger partial charge in [0.1, 0.15) is 30.2 Å². The van der Waals surface area contributed by atoms with Crippen molar-refractivity contribution in [3.05, 3.63) is 42.5 Å². The van der Waals surface area contributed by atoms with Gasteiger partial charge < -0.3 is 48.3 Å². The van der Waals surface area contributed by atoms with Crippen LogP contribution in [-0.2, 0) is 38.4 Å². The minimum absolute atomic E-state index is 0.126. The van der Waals surface area contributed by atoms with E-state index < -0.39 is 109 Å². The highest BCUT2D eigenvalue weighted by Gasteiger charge is 2.41. The first-order valence-corrected chi connectivity index (χ1v) is 17.2. The molecule has 18 nitrogen and oxygen atoms in total. The van der Waals surface area contributed by atoms with E-state index in [9.17, 15) is 48.6 Å². The number of benzene rings is 2. The van der Waals surface area contributed by atoms with Gasteiger partial charge in [-0.15, -0.1) is 0 Å². The number of amides is 7. The Morgan fingerprint density at radius 2 is 1.45 bits per heavy atom. The molecule has 1 saturated heterocycles. The van der Waals surface area contributed by atoms with Gasteiger partial charge in [0.25, 0.3) is 5.91 Å². The Labute approximate surface area is 305 Å². The van der Waals surface area contributed by atoms with E-state index in [4.69, 9.17) is 17.2 Å². The van der Waals surface area contributed by atoms with Crippen LogP contribution in [0.2, 0.25) is 0 Å². The van der Waals surface area contributed by atoms with Crippen molar-refractivity contribution < 1.29 is 48.6 Å². The lowest BCUT2D eigenvalue weighted by Crippen LogP contribution is -2.61. The molecule has 0 radical (unpaired) electrons. The van der Waals surface area contributed by atoms with Gasteiger partial charge >= 0.3 is 5.97 Å². The van der Waals surface area contributed by atoms with Crippen molar-refractivity contribution in [3.63, 3.8) is 0 Å². The van der Waals surface area contributed by atoms with Gasteiger partial charge in [-0.05, 0) is 55.0 Å². The summed E-state index contributed by atoms with van der Waals surface area (Å²) in [5.41, 5.74) is 16.8. The number of carbonyl (C=O) groups is 8. The molecule has 0 aromatic heterocycles. The molecule has 18 heteroatoms. The van der Waals surface area contributed by atoms with Crippen molar-refractivity contribution in [2.75, 3.05) is 18.1 Å². The predicted octanol–water partition coefficient (Wildman–Crippen LogP) is -1.79. The predicted molar refractivity (Wildman–Crippen MR) is 191 cm³/mol. The molecule has 288 valence electrons. The first kappa shape index (κ1) is 41.8. The molecule has 0 saturated carbocycles. The maximum absolute atomic E-state index is 14.5. The van der Waals surface area contributed by atoms with Gasteiger partial charge in [-0.2, -0.15) is 0 Å². The summed E-state index contributed by atoms with van der Waals surface area (Å²) >= 11 is 0. The number of aliphatic hydroxyl groups is 1. The summed E-state index contributed by atoms with van der Waals surface area (Å²) in [6, 6.07) is 3.65. The molecule has 0 bridgehead atoms. The van der Waals surface area contributed by atoms with Gasteiger partial charge in [-0.25, -0.2) is 4.79 Å². The number of anilines is 1. The highest BCUT2D eigenvalue weighted by Crippen LogP contribution is 2.27. The summed E-state index contributed by atoms with van der Waals surface area (Å²) in [7, 11) is 0. The van der Waals surface area contributed by atoms with Crippen molar-refractivity contribution in [2.45, 2.75) is 89.1 Å². The SMILES string of the molecule is CC(C)[C@H](N)C(=O)N[C@@H](CO)C(=O)N[C@@H](CCC(N)=O)C(=O)N[C@@H](CC(N)=O)C(=O)N(c1ccc2ccccc2c1)[C@@H](C)C(=O)N1CCC[C@H]1C(=O)O. The van der Waals surface area contributed by atoms with E-state index in [1.54, 1.807) is 50.2 Å². The van der Waals surface area contributed by atoms with E-state index in [1.165, 1.54) is 6.92 Å². The molecule has 1 aliphatic heterocycles. The Bertz CT molecular complexity index is 1720. The van der Waals surface area contributed by atoms with Crippen LogP contribution in [0, 0.1) is 5.92 Å². The Kier molecular flexibility index (Phi) is 14.8. The van der Waals surface area contributed by atoms with Crippen LogP contribution in [0.5, 0.6) is 0 Å². The third-order valence-corrected chi connectivity index (χ3v) is 8.98. The zero-order valence-corrected chi connectivity index (χ0v) is 29.8. The summed E-state index contributed by atoms with van der Waals surface area (Å²) in [6.07, 6.45) is -0.950. The summed E-state index contributed by atoms with van der Waals surface area (Å²) < 4.78 is 0. The third kappa shape index (κ3) is 10.9. The fourth-order valence-corrected chi connectivity index (χ4v) is 5.94. The summed E-state index contributed by atoms with van der Waals surface area (Å²) in [4.78, 5) is 106. The number of primary amides is 2. The topological polar surface area (TPSA) is 298 Å². The zero-order valence-electron chi connectivity index (χ0n) is 29.8. The minimum atomic E-state index is -1.74. The van der Waals surface area contributed by atoms with Crippen molar-refractivity contribution in [1.29, 1.82) is 0 Å². The van der Waals surface area contributed by atoms with Gasteiger partial charge in [0.05, 0.1) is 19.1 Å².